The van der Waals surface area contributed by atoms with E-state index in [0.717, 1.165) is 11.3 Å². The molecule has 0 fully saturated rings. The van der Waals surface area contributed by atoms with Gasteiger partial charge in [-0.25, -0.2) is 0 Å². The smallest absolute Gasteiger partial charge is 0.207 e. The summed E-state index contributed by atoms with van der Waals surface area (Å²) in [6.07, 6.45) is 1.65. The molecule has 24 heavy (non-hydrogen) atoms. The second-order valence-corrected chi connectivity index (χ2v) is 5.43. The summed E-state index contributed by atoms with van der Waals surface area (Å²) in [5.41, 5.74) is 1.18. The number of rotatable bonds is 6. The van der Waals surface area contributed by atoms with Crippen molar-refractivity contribution < 1.29 is 14.3 Å². The number of Topliss-reactive ketones (excluding diaryl/α,β-unsaturated/α-hetero) is 1. The fourth-order valence-corrected chi connectivity index (χ4v) is 2.21. The van der Waals surface area contributed by atoms with Crippen molar-refractivity contribution in [2.24, 2.45) is 0 Å². The maximum atomic E-state index is 12.6. The lowest BCUT2D eigenvalue weighted by Gasteiger charge is -2.09. The van der Waals surface area contributed by atoms with Crippen LogP contribution in [0.2, 0.25) is 0 Å². The summed E-state index contributed by atoms with van der Waals surface area (Å²) in [4.78, 5) is 12.6. The minimum atomic E-state index is -0.363. The third kappa shape index (κ3) is 4.23. The molecule has 2 aromatic rings. The molecule has 0 N–H and O–H groups in total. The van der Waals surface area contributed by atoms with Gasteiger partial charge in [-0.3, -0.25) is 4.79 Å². The zero-order valence-electron chi connectivity index (χ0n) is 13.9. The Labute approximate surface area is 141 Å². The lowest BCUT2D eigenvalue weighted by Crippen LogP contribution is -2.05. The molecule has 0 atom stereocenters. The van der Waals surface area contributed by atoms with Crippen LogP contribution in [-0.2, 0) is 0 Å². The highest BCUT2D eigenvalue weighted by atomic mass is 16.5. The third-order valence-electron chi connectivity index (χ3n) is 3.28. The number of carbonyl (C=O) groups is 1. The number of para-hydroxylation sites is 1. The van der Waals surface area contributed by atoms with Gasteiger partial charge in [0.25, 0.3) is 0 Å². The van der Waals surface area contributed by atoms with E-state index in [1.165, 1.54) is 7.11 Å². The predicted molar refractivity (Wildman–Crippen MR) is 93.1 cm³/mol. The van der Waals surface area contributed by atoms with E-state index in [9.17, 15) is 10.1 Å². The number of carbonyl (C=O) groups excluding carboxylic acids is 1. The minimum absolute atomic E-state index is 0.0528. The summed E-state index contributed by atoms with van der Waals surface area (Å²) >= 11 is 0. The van der Waals surface area contributed by atoms with Crippen molar-refractivity contribution in [3.8, 4) is 17.6 Å². The van der Waals surface area contributed by atoms with E-state index in [-0.39, 0.29) is 17.5 Å². The predicted octanol–water partition coefficient (Wildman–Crippen LogP) is 4.27. The van der Waals surface area contributed by atoms with Crippen molar-refractivity contribution in [3.05, 3.63) is 65.2 Å². The highest BCUT2D eigenvalue weighted by molar-refractivity contribution is 6.15. The SMILES string of the molecule is COc1ccccc1C(=O)/C(C#N)=C/c1ccc(OC(C)C)cc1. The van der Waals surface area contributed by atoms with E-state index >= 15 is 0 Å². The Bertz CT molecular complexity index is 783. The molecule has 2 rings (SSSR count). The molecule has 0 radical (unpaired) electrons. The number of nitrogens with zero attached hydrogens (tertiary/aromatic N) is 1. The van der Waals surface area contributed by atoms with Gasteiger partial charge in [-0.1, -0.05) is 24.3 Å². The molecule has 0 saturated carbocycles. The van der Waals surface area contributed by atoms with Crippen LogP contribution in [0.25, 0.3) is 6.08 Å². The number of benzene rings is 2. The van der Waals surface area contributed by atoms with Gasteiger partial charge in [-0.15, -0.1) is 0 Å². The Kier molecular flexibility index (Phi) is 5.75. The average Bonchev–Trinajstić information content (AvgIpc) is 2.60. The topological polar surface area (TPSA) is 59.3 Å². The van der Waals surface area contributed by atoms with E-state index < -0.39 is 0 Å². The van der Waals surface area contributed by atoms with Crippen LogP contribution >= 0.6 is 0 Å². The number of ether oxygens (including phenoxy) is 2. The Morgan fingerprint density at radius 1 is 1.12 bits per heavy atom. The maximum Gasteiger partial charge on any atom is 0.207 e. The van der Waals surface area contributed by atoms with Gasteiger partial charge in [0.2, 0.25) is 5.78 Å². The zero-order chi connectivity index (χ0) is 17.5. The second-order valence-electron chi connectivity index (χ2n) is 5.43. The summed E-state index contributed by atoms with van der Waals surface area (Å²) in [6.45, 7) is 3.90. The van der Waals surface area contributed by atoms with Crippen LogP contribution in [-0.4, -0.2) is 19.0 Å². The van der Waals surface area contributed by atoms with Gasteiger partial charge in [0.15, 0.2) is 0 Å². The second kappa shape index (κ2) is 7.98. The summed E-state index contributed by atoms with van der Waals surface area (Å²) in [5.74, 6) is 0.832. The summed E-state index contributed by atoms with van der Waals surface area (Å²) in [6, 6.07) is 16.1. The van der Waals surface area contributed by atoms with Crippen LogP contribution < -0.4 is 9.47 Å². The first-order chi connectivity index (χ1) is 11.5. The van der Waals surface area contributed by atoms with Crippen LogP contribution in [0, 0.1) is 11.3 Å². The normalized spacial score (nSPS) is 11.0. The first-order valence-corrected chi connectivity index (χ1v) is 7.61. The quantitative estimate of drug-likeness (QED) is 0.453. The molecule has 2 aromatic carbocycles. The highest BCUT2D eigenvalue weighted by Crippen LogP contribution is 2.22. The first kappa shape index (κ1) is 17.3. The number of ketones is 1. The number of nitriles is 1. The molecule has 0 amide bonds. The van der Waals surface area contributed by atoms with Crippen molar-refractivity contribution in [2.45, 2.75) is 20.0 Å². The number of methoxy groups -OCH3 is 1. The van der Waals surface area contributed by atoms with Crippen LogP contribution in [0.3, 0.4) is 0 Å². The van der Waals surface area contributed by atoms with Crippen molar-refractivity contribution >= 4 is 11.9 Å². The Morgan fingerprint density at radius 2 is 1.79 bits per heavy atom. The van der Waals surface area contributed by atoms with Crippen molar-refractivity contribution in [2.75, 3.05) is 7.11 Å². The molecule has 0 aromatic heterocycles. The molecule has 0 aliphatic carbocycles. The largest absolute Gasteiger partial charge is 0.496 e. The average molecular weight is 321 g/mol. The molecule has 0 aliphatic heterocycles. The molecule has 0 saturated heterocycles. The fourth-order valence-electron chi connectivity index (χ4n) is 2.21. The Balaban J connectivity index is 2.29. The minimum Gasteiger partial charge on any atom is -0.496 e. The third-order valence-corrected chi connectivity index (χ3v) is 3.28. The molecular weight excluding hydrogens is 302 g/mol. The molecule has 0 heterocycles. The van der Waals surface area contributed by atoms with Gasteiger partial charge in [0.1, 0.15) is 23.1 Å². The molecule has 122 valence electrons. The van der Waals surface area contributed by atoms with Crippen LogP contribution in [0.1, 0.15) is 29.8 Å². The van der Waals surface area contributed by atoms with E-state index in [0.29, 0.717) is 11.3 Å². The molecule has 0 unspecified atom stereocenters. The number of hydrogen-bond acceptors (Lipinski definition) is 4. The van der Waals surface area contributed by atoms with E-state index in [1.807, 2.05) is 44.2 Å². The standard InChI is InChI=1S/C20H19NO3/c1-14(2)24-17-10-8-15(9-11-17)12-16(13-21)20(22)18-6-4-5-7-19(18)23-3/h4-12,14H,1-3H3/b16-12+. The highest BCUT2D eigenvalue weighted by Gasteiger charge is 2.16. The molecule has 4 heteroatoms. The van der Waals surface area contributed by atoms with E-state index in [2.05, 4.69) is 0 Å². The zero-order valence-corrected chi connectivity index (χ0v) is 13.9. The van der Waals surface area contributed by atoms with Gasteiger partial charge < -0.3 is 9.47 Å². The van der Waals surface area contributed by atoms with E-state index in [1.54, 1.807) is 30.3 Å². The Hall–Kier alpha value is -3.06. The van der Waals surface area contributed by atoms with Gasteiger partial charge in [0, 0.05) is 0 Å². The lowest BCUT2D eigenvalue weighted by molar-refractivity contribution is 0.103. The lowest BCUT2D eigenvalue weighted by atomic mass is 10.0. The van der Waals surface area contributed by atoms with E-state index in [4.69, 9.17) is 9.47 Å². The molecular formula is C20H19NO3. The van der Waals surface area contributed by atoms with Gasteiger partial charge >= 0.3 is 0 Å². The first-order valence-electron chi connectivity index (χ1n) is 7.61. The van der Waals surface area contributed by atoms with Crippen LogP contribution in [0.5, 0.6) is 11.5 Å². The molecule has 4 nitrogen and oxygen atoms in total. The number of allylic oxidation sites excluding steroid dienone is 1. The summed E-state index contributed by atoms with van der Waals surface area (Å²) in [5, 5.41) is 9.35. The van der Waals surface area contributed by atoms with Gasteiger partial charge in [0.05, 0.1) is 18.8 Å². The summed E-state index contributed by atoms with van der Waals surface area (Å²) in [7, 11) is 1.50. The van der Waals surface area contributed by atoms with Gasteiger partial charge in [-0.2, -0.15) is 5.26 Å². The van der Waals surface area contributed by atoms with Crippen molar-refractivity contribution in [1.82, 2.24) is 0 Å². The van der Waals surface area contributed by atoms with Crippen molar-refractivity contribution in [3.63, 3.8) is 0 Å². The fraction of sp³-hybridized carbons (Fsp3) is 0.200. The summed E-state index contributed by atoms with van der Waals surface area (Å²) < 4.78 is 10.8. The van der Waals surface area contributed by atoms with Gasteiger partial charge in [-0.05, 0) is 49.8 Å². The van der Waals surface area contributed by atoms with Crippen LogP contribution in [0.15, 0.2) is 54.1 Å². The molecule has 0 spiro atoms. The van der Waals surface area contributed by atoms with Crippen molar-refractivity contribution in [1.29, 1.82) is 5.26 Å². The number of hydrogen-bond donors (Lipinski definition) is 0. The maximum absolute atomic E-state index is 12.6. The molecule has 0 bridgehead atoms. The monoisotopic (exact) mass is 321 g/mol. The Morgan fingerprint density at radius 3 is 2.38 bits per heavy atom. The molecule has 0 aliphatic rings. The van der Waals surface area contributed by atoms with Crippen LogP contribution in [0.4, 0.5) is 0 Å².